The minimum Gasteiger partial charge on any atom is -0.309 e. The van der Waals surface area contributed by atoms with Crippen LogP contribution in [0.1, 0.15) is 22.0 Å². The van der Waals surface area contributed by atoms with Gasteiger partial charge in [0.25, 0.3) is 0 Å². The summed E-state index contributed by atoms with van der Waals surface area (Å²) in [5, 5.41) is 3.29. The molecule has 0 aliphatic rings. The van der Waals surface area contributed by atoms with E-state index in [0.29, 0.717) is 0 Å². The van der Waals surface area contributed by atoms with Crippen LogP contribution in [-0.4, -0.2) is 12.0 Å². The van der Waals surface area contributed by atoms with E-state index in [9.17, 15) is 0 Å². The molecule has 0 saturated carbocycles. The number of thiophene rings is 1. The summed E-state index contributed by atoms with van der Waals surface area (Å²) in [7, 11) is 1.95. The van der Waals surface area contributed by atoms with Crippen LogP contribution >= 0.6 is 22.9 Å². The number of nitrogens with zero attached hydrogens (tertiary/aromatic N) is 1. The van der Waals surface area contributed by atoms with Gasteiger partial charge >= 0.3 is 0 Å². The van der Waals surface area contributed by atoms with Gasteiger partial charge in [0.1, 0.15) is 0 Å². The molecule has 1 unspecified atom stereocenters. The van der Waals surface area contributed by atoms with Gasteiger partial charge in [-0.1, -0.05) is 17.7 Å². The van der Waals surface area contributed by atoms with Crippen molar-refractivity contribution in [1.29, 1.82) is 0 Å². The van der Waals surface area contributed by atoms with Gasteiger partial charge in [-0.25, -0.2) is 0 Å². The first-order valence-corrected chi connectivity index (χ1v) is 6.24. The second-order valence-corrected chi connectivity index (χ2v) is 5.41. The van der Waals surface area contributed by atoms with Gasteiger partial charge in [-0.2, -0.15) is 0 Å². The van der Waals surface area contributed by atoms with Crippen molar-refractivity contribution in [3.05, 3.63) is 50.9 Å². The van der Waals surface area contributed by atoms with Gasteiger partial charge in [0.15, 0.2) is 0 Å². The van der Waals surface area contributed by atoms with Gasteiger partial charge < -0.3 is 5.32 Å². The third kappa shape index (κ3) is 2.43. The predicted molar refractivity (Wildman–Crippen MR) is 69.2 cm³/mol. The number of aromatic nitrogens is 1. The number of hydrogen-bond donors (Lipinski definition) is 1. The molecule has 0 saturated heterocycles. The highest BCUT2D eigenvalue weighted by Gasteiger charge is 2.14. The standard InChI is InChI=1S/C12H13ClN2S/c1-8-5-9(7-15-6-8)12(14-2)10-3-4-11(13)16-10/h3-7,12,14H,1-2H3. The Morgan fingerprint density at radius 1 is 1.38 bits per heavy atom. The summed E-state index contributed by atoms with van der Waals surface area (Å²) in [6.45, 7) is 2.05. The van der Waals surface area contributed by atoms with E-state index in [4.69, 9.17) is 11.6 Å². The topological polar surface area (TPSA) is 24.9 Å². The van der Waals surface area contributed by atoms with Crippen LogP contribution in [0.4, 0.5) is 0 Å². The first kappa shape index (κ1) is 11.6. The van der Waals surface area contributed by atoms with Gasteiger partial charge in [0.2, 0.25) is 0 Å². The minimum absolute atomic E-state index is 0.171. The van der Waals surface area contributed by atoms with Crippen molar-refractivity contribution in [2.45, 2.75) is 13.0 Å². The molecular formula is C12H13ClN2S. The third-order valence-corrected chi connectivity index (χ3v) is 3.69. The molecule has 0 aliphatic carbocycles. The van der Waals surface area contributed by atoms with E-state index in [-0.39, 0.29) is 6.04 Å². The second-order valence-electron chi connectivity index (χ2n) is 3.66. The first-order valence-electron chi connectivity index (χ1n) is 5.05. The van der Waals surface area contributed by atoms with Crippen LogP contribution in [0.5, 0.6) is 0 Å². The zero-order valence-corrected chi connectivity index (χ0v) is 10.8. The SMILES string of the molecule is CNC(c1cncc(C)c1)c1ccc(Cl)s1. The Morgan fingerprint density at radius 3 is 2.75 bits per heavy atom. The lowest BCUT2D eigenvalue weighted by Gasteiger charge is -2.14. The van der Waals surface area contributed by atoms with Gasteiger partial charge in [-0.05, 0) is 37.2 Å². The summed E-state index contributed by atoms with van der Waals surface area (Å²) in [4.78, 5) is 5.43. The first-order chi connectivity index (χ1) is 7.70. The Balaban J connectivity index is 2.36. The molecule has 0 amide bonds. The number of halogens is 1. The molecule has 16 heavy (non-hydrogen) atoms. The van der Waals surface area contributed by atoms with Crippen LogP contribution in [0, 0.1) is 6.92 Å². The van der Waals surface area contributed by atoms with E-state index in [2.05, 4.69) is 22.4 Å². The third-order valence-electron chi connectivity index (χ3n) is 2.40. The average Bonchev–Trinajstić information content (AvgIpc) is 2.66. The van der Waals surface area contributed by atoms with Crippen molar-refractivity contribution < 1.29 is 0 Å². The molecule has 0 fully saturated rings. The van der Waals surface area contributed by atoms with Crippen molar-refractivity contribution in [2.24, 2.45) is 0 Å². The summed E-state index contributed by atoms with van der Waals surface area (Å²) in [6, 6.07) is 6.29. The maximum atomic E-state index is 5.96. The van der Waals surface area contributed by atoms with Crippen LogP contribution in [-0.2, 0) is 0 Å². The van der Waals surface area contributed by atoms with Crippen LogP contribution in [0.25, 0.3) is 0 Å². The Hall–Kier alpha value is -0.900. The number of pyridine rings is 1. The number of nitrogens with one attached hydrogen (secondary N) is 1. The zero-order chi connectivity index (χ0) is 11.5. The maximum absolute atomic E-state index is 5.96. The maximum Gasteiger partial charge on any atom is 0.0931 e. The molecule has 0 aliphatic heterocycles. The Morgan fingerprint density at radius 2 is 2.19 bits per heavy atom. The summed E-state index contributed by atoms with van der Waals surface area (Å²) in [5.41, 5.74) is 2.33. The summed E-state index contributed by atoms with van der Waals surface area (Å²) in [6.07, 6.45) is 3.75. The molecule has 0 radical (unpaired) electrons. The van der Waals surface area contributed by atoms with Gasteiger partial charge in [-0.3, -0.25) is 4.98 Å². The molecule has 2 aromatic rings. The lowest BCUT2D eigenvalue weighted by Crippen LogP contribution is -2.16. The molecular weight excluding hydrogens is 240 g/mol. The molecule has 2 rings (SSSR count). The fourth-order valence-corrected chi connectivity index (χ4v) is 2.89. The smallest absolute Gasteiger partial charge is 0.0931 e. The monoisotopic (exact) mass is 252 g/mol. The number of aryl methyl sites for hydroxylation is 1. The molecule has 1 N–H and O–H groups in total. The van der Waals surface area contributed by atoms with Crippen molar-refractivity contribution in [3.63, 3.8) is 0 Å². The fourth-order valence-electron chi connectivity index (χ4n) is 1.69. The molecule has 2 nitrogen and oxygen atoms in total. The fraction of sp³-hybridized carbons (Fsp3) is 0.250. The molecule has 0 aromatic carbocycles. The van der Waals surface area contributed by atoms with Gasteiger partial charge in [0.05, 0.1) is 10.4 Å². The molecule has 2 aromatic heterocycles. The quantitative estimate of drug-likeness (QED) is 0.906. The van der Waals surface area contributed by atoms with Crippen LogP contribution < -0.4 is 5.32 Å². The lowest BCUT2D eigenvalue weighted by molar-refractivity contribution is 0.700. The normalized spacial score (nSPS) is 12.7. The van der Waals surface area contributed by atoms with Crippen molar-refractivity contribution in [2.75, 3.05) is 7.05 Å². The highest BCUT2D eigenvalue weighted by atomic mass is 35.5. The lowest BCUT2D eigenvalue weighted by atomic mass is 10.1. The molecule has 0 bridgehead atoms. The Bertz CT molecular complexity index is 481. The van der Waals surface area contributed by atoms with E-state index >= 15 is 0 Å². The second kappa shape index (κ2) is 4.95. The van der Waals surface area contributed by atoms with Crippen LogP contribution in [0.3, 0.4) is 0 Å². The summed E-state index contributed by atoms with van der Waals surface area (Å²) in [5.74, 6) is 0. The minimum atomic E-state index is 0.171. The Kier molecular flexibility index (Phi) is 3.59. The van der Waals surface area contributed by atoms with E-state index in [0.717, 1.165) is 4.34 Å². The number of hydrogen-bond acceptors (Lipinski definition) is 3. The molecule has 0 spiro atoms. The largest absolute Gasteiger partial charge is 0.309 e. The summed E-state index contributed by atoms with van der Waals surface area (Å²) >= 11 is 7.55. The highest BCUT2D eigenvalue weighted by molar-refractivity contribution is 7.16. The Labute approximate surface area is 104 Å². The van der Waals surface area contributed by atoms with Crippen molar-refractivity contribution in [3.8, 4) is 0 Å². The van der Waals surface area contributed by atoms with E-state index in [1.54, 1.807) is 11.3 Å². The van der Waals surface area contributed by atoms with E-state index < -0.39 is 0 Å². The zero-order valence-electron chi connectivity index (χ0n) is 9.20. The molecule has 4 heteroatoms. The average molecular weight is 253 g/mol. The highest BCUT2D eigenvalue weighted by Crippen LogP contribution is 2.30. The van der Waals surface area contributed by atoms with Crippen molar-refractivity contribution in [1.82, 2.24) is 10.3 Å². The van der Waals surface area contributed by atoms with E-state index in [1.165, 1.54) is 16.0 Å². The molecule has 1 atom stereocenters. The molecule has 84 valence electrons. The van der Waals surface area contributed by atoms with Crippen LogP contribution in [0.2, 0.25) is 4.34 Å². The van der Waals surface area contributed by atoms with Gasteiger partial charge in [-0.15, -0.1) is 11.3 Å². The van der Waals surface area contributed by atoms with Crippen LogP contribution in [0.15, 0.2) is 30.6 Å². The van der Waals surface area contributed by atoms with Crippen molar-refractivity contribution >= 4 is 22.9 Å². The summed E-state index contributed by atoms with van der Waals surface area (Å²) < 4.78 is 0.816. The van der Waals surface area contributed by atoms with E-state index in [1.807, 2.05) is 32.4 Å². The van der Waals surface area contributed by atoms with Gasteiger partial charge in [0, 0.05) is 17.3 Å². The number of rotatable bonds is 3. The molecule has 2 heterocycles. The predicted octanol–water partition coefficient (Wildman–Crippen LogP) is 3.41.